The number of carbonyl (C=O) groups is 2. The molecule has 0 fully saturated rings. The minimum absolute atomic E-state index is 0.205. The van der Waals surface area contributed by atoms with Gasteiger partial charge in [-0.15, -0.1) is 5.10 Å². The van der Waals surface area contributed by atoms with Crippen molar-refractivity contribution in [3.05, 3.63) is 65.5 Å². The van der Waals surface area contributed by atoms with Gasteiger partial charge in [-0.05, 0) is 43.2 Å². The second-order valence-electron chi connectivity index (χ2n) is 7.45. The number of benzene rings is 2. The molecule has 1 amide bonds. The summed E-state index contributed by atoms with van der Waals surface area (Å²) in [6, 6.07) is 13.2. The molecular weight excluding hydrogens is 394 g/mol. The zero-order chi connectivity index (χ0) is 21.5. The first-order chi connectivity index (χ1) is 15.1. The summed E-state index contributed by atoms with van der Waals surface area (Å²) in [5.74, 6) is -0.664. The number of H-pyrrole nitrogens is 1. The van der Waals surface area contributed by atoms with E-state index < -0.39 is 5.97 Å². The molecular formula is C23H21N5O3. The van der Waals surface area contributed by atoms with Crippen molar-refractivity contribution in [1.82, 2.24) is 24.9 Å². The Morgan fingerprint density at radius 2 is 2.03 bits per heavy atom. The number of aromatic amines is 1. The fourth-order valence-corrected chi connectivity index (χ4v) is 4.07. The van der Waals surface area contributed by atoms with E-state index in [9.17, 15) is 9.59 Å². The minimum Gasteiger partial charge on any atom is -0.462 e. The Labute approximate surface area is 178 Å². The zero-order valence-electron chi connectivity index (χ0n) is 17.3. The first-order valence-electron chi connectivity index (χ1n) is 10.2. The normalized spacial score (nSPS) is 13.7. The summed E-state index contributed by atoms with van der Waals surface area (Å²) in [5, 5.41) is 9.14. The second-order valence-corrected chi connectivity index (χ2v) is 7.45. The summed E-state index contributed by atoms with van der Waals surface area (Å²) in [6.45, 7) is 2.46. The number of hydrogen-bond acceptors (Lipinski definition) is 5. The number of nitrogens with one attached hydrogen (secondary N) is 1. The lowest BCUT2D eigenvalue weighted by Gasteiger charge is -2.18. The van der Waals surface area contributed by atoms with E-state index in [1.807, 2.05) is 30.3 Å². The van der Waals surface area contributed by atoms with Gasteiger partial charge in [0.2, 0.25) is 0 Å². The van der Waals surface area contributed by atoms with Gasteiger partial charge in [-0.2, -0.15) is 0 Å². The molecule has 0 aliphatic carbocycles. The Kier molecular flexibility index (Phi) is 4.54. The van der Waals surface area contributed by atoms with Crippen LogP contribution in [0.2, 0.25) is 0 Å². The third kappa shape index (κ3) is 3.16. The Hall–Kier alpha value is -3.94. The number of amides is 1. The lowest BCUT2D eigenvalue weighted by atomic mass is 10.0. The number of aryl methyl sites for hydroxylation is 1. The molecule has 0 saturated heterocycles. The Morgan fingerprint density at radius 3 is 2.87 bits per heavy atom. The van der Waals surface area contributed by atoms with Crippen molar-refractivity contribution in [3.8, 4) is 0 Å². The minimum atomic E-state index is -0.459. The third-order valence-electron chi connectivity index (χ3n) is 5.58. The maximum Gasteiger partial charge on any atom is 0.341 e. The van der Waals surface area contributed by atoms with Crippen molar-refractivity contribution >= 4 is 39.4 Å². The van der Waals surface area contributed by atoms with Crippen molar-refractivity contribution in [2.24, 2.45) is 7.05 Å². The molecule has 0 radical (unpaired) electrons. The van der Waals surface area contributed by atoms with E-state index in [4.69, 9.17) is 4.74 Å². The summed E-state index contributed by atoms with van der Waals surface area (Å²) >= 11 is 0. The van der Waals surface area contributed by atoms with E-state index in [0.717, 1.165) is 22.0 Å². The highest BCUT2D eigenvalue weighted by atomic mass is 16.5. The molecule has 0 unspecified atom stereocenters. The first-order valence-corrected chi connectivity index (χ1v) is 10.2. The maximum absolute atomic E-state index is 13.3. The van der Waals surface area contributed by atoms with Gasteiger partial charge in [0.1, 0.15) is 5.52 Å². The molecule has 0 spiro atoms. The van der Waals surface area contributed by atoms with Crippen LogP contribution in [0.15, 0.2) is 48.7 Å². The number of ether oxygens (including phenoxy) is 1. The van der Waals surface area contributed by atoms with Gasteiger partial charge in [0.05, 0.1) is 23.4 Å². The predicted octanol–water partition coefficient (Wildman–Crippen LogP) is 3.05. The molecule has 4 aromatic rings. The quantitative estimate of drug-likeness (QED) is 0.519. The van der Waals surface area contributed by atoms with Crippen molar-refractivity contribution in [2.45, 2.75) is 13.3 Å². The van der Waals surface area contributed by atoms with Crippen LogP contribution in [-0.4, -0.2) is 49.9 Å². The molecule has 3 heterocycles. The topological polar surface area (TPSA) is 93.1 Å². The number of hydrogen-bond donors (Lipinski definition) is 1. The van der Waals surface area contributed by atoms with Gasteiger partial charge in [0.25, 0.3) is 5.91 Å². The fraction of sp³-hybridized carbons (Fsp3) is 0.217. The van der Waals surface area contributed by atoms with E-state index in [-0.39, 0.29) is 12.5 Å². The van der Waals surface area contributed by atoms with Gasteiger partial charge >= 0.3 is 5.97 Å². The van der Waals surface area contributed by atoms with Crippen molar-refractivity contribution in [3.63, 3.8) is 0 Å². The van der Waals surface area contributed by atoms with E-state index in [1.54, 1.807) is 41.9 Å². The van der Waals surface area contributed by atoms with E-state index in [2.05, 4.69) is 15.3 Å². The summed E-state index contributed by atoms with van der Waals surface area (Å²) in [6.07, 6.45) is 2.21. The van der Waals surface area contributed by atoms with Crippen molar-refractivity contribution < 1.29 is 14.3 Å². The SMILES string of the molecule is CCOC(=O)C1=CN(C(=O)c2ccc3c(c2)nnn3C)CCc2c1[nH]c1ccccc21. The zero-order valence-corrected chi connectivity index (χ0v) is 17.3. The smallest absolute Gasteiger partial charge is 0.341 e. The Bertz CT molecular complexity index is 1360. The third-order valence-corrected chi connectivity index (χ3v) is 5.58. The Balaban J connectivity index is 1.58. The summed E-state index contributed by atoms with van der Waals surface area (Å²) in [4.78, 5) is 31.1. The molecule has 5 rings (SSSR count). The lowest BCUT2D eigenvalue weighted by molar-refractivity contribution is -0.136. The van der Waals surface area contributed by atoms with Crippen LogP contribution in [0, 0.1) is 0 Å². The molecule has 0 saturated carbocycles. The van der Waals surface area contributed by atoms with Crippen LogP contribution in [-0.2, 0) is 23.0 Å². The molecule has 156 valence electrons. The molecule has 8 heteroatoms. The summed E-state index contributed by atoms with van der Waals surface area (Å²) in [5.41, 5.74) is 5.00. The van der Waals surface area contributed by atoms with E-state index in [1.165, 1.54) is 0 Å². The van der Waals surface area contributed by atoms with Crippen LogP contribution < -0.4 is 0 Å². The average Bonchev–Trinajstić information content (AvgIpc) is 3.27. The number of rotatable bonds is 3. The number of carbonyl (C=O) groups excluding carboxylic acids is 2. The molecule has 0 atom stereocenters. The van der Waals surface area contributed by atoms with Crippen LogP contribution in [0.4, 0.5) is 0 Å². The highest BCUT2D eigenvalue weighted by molar-refractivity contribution is 6.18. The fourth-order valence-electron chi connectivity index (χ4n) is 4.07. The van der Waals surface area contributed by atoms with Crippen LogP contribution in [0.25, 0.3) is 27.5 Å². The van der Waals surface area contributed by atoms with Gasteiger partial charge in [-0.3, -0.25) is 4.79 Å². The van der Waals surface area contributed by atoms with E-state index in [0.29, 0.717) is 35.3 Å². The largest absolute Gasteiger partial charge is 0.462 e. The standard InChI is InChI=1S/C23H21N5O3/c1-3-31-23(30)17-13-28(11-10-16-15-6-4-5-7-18(15)24-21(16)17)22(29)14-8-9-20-19(12-14)25-26-27(20)2/h4-9,12-13,24H,3,10-11H2,1-2H3. The second kappa shape index (κ2) is 7.39. The predicted molar refractivity (Wildman–Crippen MR) is 116 cm³/mol. The lowest BCUT2D eigenvalue weighted by Crippen LogP contribution is -2.28. The molecule has 2 aromatic carbocycles. The molecule has 1 aliphatic rings. The van der Waals surface area contributed by atoms with Crippen LogP contribution in [0.3, 0.4) is 0 Å². The highest BCUT2D eigenvalue weighted by Gasteiger charge is 2.27. The van der Waals surface area contributed by atoms with Crippen molar-refractivity contribution in [2.75, 3.05) is 13.2 Å². The maximum atomic E-state index is 13.3. The highest BCUT2D eigenvalue weighted by Crippen LogP contribution is 2.31. The van der Waals surface area contributed by atoms with Crippen LogP contribution >= 0.6 is 0 Å². The van der Waals surface area contributed by atoms with Crippen molar-refractivity contribution in [1.29, 1.82) is 0 Å². The molecule has 0 bridgehead atoms. The van der Waals surface area contributed by atoms with Gasteiger partial charge in [0, 0.05) is 36.3 Å². The molecule has 2 aromatic heterocycles. The van der Waals surface area contributed by atoms with Crippen LogP contribution in [0.5, 0.6) is 0 Å². The number of fused-ring (bicyclic) bond motifs is 4. The molecule has 1 aliphatic heterocycles. The summed E-state index contributed by atoms with van der Waals surface area (Å²) < 4.78 is 6.96. The van der Waals surface area contributed by atoms with Crippen LogP contribution in [0.1, 0.15) is 28.5 Å². The molecule has 31 heavy (non-hydrogen) atoms. The van der Waals surface area contributed by atoms with E-state index >= 15 is 0 Å². The first kappa shape index (κ1) is 19.0. The Morgan fingerprint density at radius 1 is 1.19 bits per heavy atom. The van der Waals surface area contributed by atoms with Gasteiger partial charge in [0.15, 0.2) is 0 Å². The number of esters is 1. The van der Waals surface area contributed by atoms with Gasteiger partial charge in [-0.1, -0.05) is 23.4 Å². The number of nitrogens with zero attached hydrogens (tertiary/aromatic N) is 4. The average molecular weight is 415 g/mol. The number of para-hydroxylation sites is 1. The van der Waals surface area contributed by atoms with Gasteiger partial charge < -0.3 is 14.6 Å². The molecule has 8 nitrogen and oxygen atoms in total. The molecule has 1 N–H and O–H groups in total. The number of aromatic nitrogens is 4. The summed E-state index contributed by atoms with van der Waals surface area (Å²) in [7, 11) is 1.80. The monoisotopic (exact) mass is 415 g/mol. The van der Waals surface area contributed by atoms with Gasteiger partial charge in [-0.25, -0.2) is 9.48 Å².